The van der Waals surface area contributed by atoms with E-state index in [1.54, 1.807) is 0 Å². The lowest BCUT2D eigenvalue weighted by atomic mass is 10.1. The summed E-state index contributed by atoms with van der Waals surface area (Å²) >= 11 is 0. The number of aliphatic carboxylic acids is 1. The van der Waals surface area contributed by atoms with Gasteiger partial charge in [0.1, 0.15) is 6.04 Å². The van der Waals surface area contributed by atoms with Crippen LogP contribution in [-0.4, -0.2) is 49.1 Å². The van der Waals surface area contributed by atoms with Crippen LogP contribution in [0.3, 0.4) is 0 Å². The Hall–Kier alpha value is -0.650. The second kappa shape index (κ2) is 7.63. The molecule has 0 saturated carbocycles. The molecule has 5 nitrogen and oxygen atoms in total. The van der Waals surface area contributed by atoms with Gasteiger partial charge in [-0.1, -0.05) is 13.8 Å². The Labute approximate surface area is 102 Å². The fraction of sp³-hybridized carbons (Fsp3) is 0.917. The molecule has 0 bridgehead atoms. The Morgan fingerprint density at radius 3 is 2.82 bits per heavy atom. The summed E-state index contributed by atoms with van der Waals surface area (Å²) in [5.41, 5.74) is 0. The number of hydrogen-bond donors (Lipinski definition) is 2. The van der Waals surface area contributed by atoms with Crippen LogP contribution in [0.15, 0.2) is 0 Å². The van der Waals surface area contributed by atoms with Gasteiger partial charge in [0.2, 0.25) is 0 Å². The molecule has 5 heteroatoms. The van der Waals surface area contributed by atoms with E-state index in [1.165, 1.54) is 6.42 Å². The molecule has 2 N–H and O–H groups in total. The van der Waals surface area contributed by atoms with E-state index < -0.39 is 12.0 Å². The van der Waals surface area contributed by atoms with Crippen LogP contribution < -0.4 is 5.32 Å². The minimum atomic E-state index is -0.872. The number of nitrogens with one attached hydrogen (secondary N) is 1. The van der Waals surface area contributed by atoms with Gasteiger partial charge in [-0.15, -0.1) is 0 Å². The molecule has 0 radical (unpaired) electrons. The first-order valence-corrected chi connectivity index (χ1v) is 6.27. The van der Waals surface area contributed by atoms with Crippen LogP contribution in [0.25, 0.3) is 0 Å². The largest absolute Gasteiger partial charge is 0.480 e. The molecule has 0 amide bonds. The predicted molar refractivity (Wildman–Crippen MR) is 64.1 cm³/mol. The number of carbonyl (C=O) groups is 1. The standard InChI is InChI=1S/C12H23NO4/c1-9(2)13-11(12(14)15)8-16-7-10-5-3-4-6-17-10/h9-11,13H,3-8H2,1-2H3,(H,14,15). The molecule has 17 heavy (non-hydrogen) atoms. The second-order valence-corrected chi connectivity index (χ2v) is 4.74. The zero-order valence-corrected chi connectivity index (χ0v) is 10.6. The van der Waals surface area contributed by atoms with Crippen molar-refractivity contribution in [2.75, 3.05) is 19.8 Å². The summed E-state index contributed by atoms with van der Waals surface area (Å²) in [5, 5.41) is 11.9. The molecular formula is C12H23NO4. The Morgan fingerprint density at radius 1 is 1.53 bits per heavy atom. The first kappa shape index (κ1) is 14.4. The molecule has 1 heterocycles. The van der Waals surface area contributed by atoms with Gasteiger partial charge in [-0.25, -0.2) is 0 Å². The molecule has 1 saturated heterocycles. The molecule has 0 spiro atoms. The molecule has 1 fully saturated rings. The third-order valence-corrected chi connectivity index (χ3v) is 2.69. The van der Waals surface area contributed by atoms with Crippen LogP contribution >= 0.6 is 0 Å². The van der Waals surface area contributed by atoms with Crippen LogP contribution in [0.2, 0.25) is 0 Å². The van der Waals surface area contributed by atoms with Crippen molar-refractivity contribution in [3.63, 3.8) is 0 Å². The summed E-state index contributed by atoms with van der Waals surface area (Å²) in [7, 11) is 0. The molecule has 0 aromatic rings. The molecule has 0 aromatic carbocycles. The SMILES string of the molecule is CC(C)NC(COCC1CCCCO1)C(=O)O. The van der Waals surface area contributed by atoms with Gasteiger partial charge in [0.15, 0.2) is 0 Å². The summed E-state index contributed by atoms with van der Waals surface area (Å²) in [6.45, 7) is 5.30. The van der Waals surface area contributed by atoms with E-state index in [4.69, 9.17) is 14.6 Å². The maximum Gasteiger partial charge on any atom is 0.323 e. The van der Waals surface area contributed by atoms with Crippen molar-refractivity contribution < 1.29 is 19.4 Å². The zero-order chi connectivity index (χ0) is 12.7. The van der Waals surface area contributed by atoms with E-state index in [-0.39, 0.29) is 18.8 Å². The van der Waals surface area contributed by atoms with E-state index in [1.807, 2.05) is 13.8 Å². The van der Waals surface area contributed by atoms with Gasteiger partial charge in [-0.2, -0.15) is 0 Å². The highest BCUT2D eigenvalue weighted by atomic mass is 16.5. The van der Waals surface area contributed by atoms with E-state index in [9.17, 15) is 4.79 Å². The van der Waals surface area contributed by atoms with Crippen LogP contribution in [0.4, 0.5) is 0 Å². The summed E-state index contributed by atoms with van der Waals surface area (Å²) in [6.07, 6.45) is 3.43. The fourth-order valence-corrected chi connectivity index (χ4v) is 1.85. The van der Waals surface area contributed by atoms with Gasteiger partial charge in [-0.3, -0.25) is 4.79 Å². The summed E-state index contributed by atoms with van der Waals surface area (Å²) < 4.78 is 10.9. The van der Waals surface area contributed by atoms with E-state index >= 15 is 0 Å². The summed E-state index contributed by atoms with van der Waals surface area (Å²) in [5.74, 6) is -0.872. The normalized spacial score (nSPS) is 22.6. The van der Waals surface area contributed by atoms with Gasteiger partial charge in [0.05, 0.1) is 19.3 Å². The number of ether oxygens (including phenoxy) is 2. The van der Waals surface area contributed by atoms with Crippen molar-refractivity contribution in [3.8, 4) is 0 Å². The lowest BCUT2D eigenvalue weighted by Crippen LogP contribution is -2.44. The fourth-order valence-electron chi connectivity index (χ4n) is 1.85. The molecule has 2 unspecified atom stereocenters. The van der Waals surface area contributed by atoms with E-state index in [0.29, 0.717) is 6.61 Å². The maximum atomic E-state index is 10.9. The first-order chi connectivity index (χ1) is 8.09. The molecule has 2 atom stereocenters. The Morgan fingerprint density at radius 2 is 2.29 bits per heavy atom. The van der Waals surface area contributed by atoms with Crippen molar-refractivity contribution >= 4 is 5.97 Å². The van der Waals surface area contributed by atoms with Gasteiger partial charge in [-0.05, 0) is 19.3 Å². The van der Waals surface area contributed by atoms with Gasteiger partial charge in [0.25, 0.3) is 0 Å². The Kier molecular flexibility index (Phi) is 6.47. The van der Waals surface area contributed by atoms with Crippen LogP contribution in [-0.2, 0) is 14.3 Å². The number of hydrogen-bond acceptors (Lipinski definition) is 4. The minimum Gasteiger partial charge on any atom is -0.480 e. The van der Waals surface area contributed by atoms with Crippen LogP contribution in [0, 0.1) is 0 Å². The Balaban J connectivity index is 2.19. The third-order valence-electron chi connectivity index (χ3n) is 2.69. The second-order valence-electron chi connectivity index (χ2n) is 4.74. The number of carboxylic acids is 1. The van der Waals surface area contributed by atoms with Crippen molar-refractivity contribution in [1.82, 2.24) is 5.32 Å². The average Bonchev–Trinajstić information content (AvgIpc) is 2.28. The maximum absolute atomic E-state index is 10.9. The van der Waals surface area contributed by atoms with Crippen LogP contribution in [0.1, 0.15) is 33.1 Å². The highest BCUT2D eigenvalue weighted by Crippen LogP contribution is 2.12. The monoisotopic (exact) mass is 245 g/mol. The molecular weight excluding hydrogens is 222 g/mol. The van der Waals surface area contributed by atoms with Gasteiger partial charge < -0.3 is 19.9 Å². The van der Waals surface area contributed by atoms with E-state index in [2.05, 4.69) is 5.32 Å². The lowest BCUT2D eigenvalue weighted by molar-refractivity contribution is -0.142. The number of rotatable bonds is 7. The Bertz CT molecular complexity index is 227. The highest BCUT2D eigenvalue weighted by molar-refractivity contribution is 5.73. The summed E-state index contributed by atoms with van der Waals surface area (Å²) in [4.78, 5) is 10.9. The number of carboxylic acid groups (broad SMARTS) is 1. The topological polar surface area (TPSA) is 67.8 Å². The van der Waals surface area contributed by atoms with Gasteiger partial charge >= 0.3 is 5.97 Å². The minimum absolute atomic E-state index is 0.130. The zero-order valence-electron chi connectivity index (χ0n) is 10.6. The van der Waals surface area contributed by atoms with Crippen molar-refractivity contribution in [2.24, 2.45) is 0 Å². The highest BCUT2D eigenvalue weighted by Gasteiger charge is 2.20. The lowest BCUT2D eigenvalue weighted by Gasteiger charge is -2.23. The van der Waals surface area contributed by atoms with Crippen LogP contribution in [0.5, 0.6) is 0 Å². The quantitative estimate of drug-likeness (QED) is 0.701. The average molecular weight is 245 g/mol. The molecule has 100 valence electrons. The van der Waals surface area contributed by atoms with Crippen molar-refractivity contribution in [3.05, 3.63) is 0 Å². The third kappa shape index (κ3) is 6.00. The molecule has 0 aromatic heterocycles. The summed E-state index contributed by atoms with van der Waals surface area (Å²) in [6, 6.07) is -0.510. The molecule has 1 aliphatic heterocycles. The molecule has 1 rings (SSSR count). The van der Waals surface area contributed by atoms with Gasteiger partial charge in [0, 0.05) is 12.6 Å². The van der Waals surface area contributed by atoms with E-state index in [0.717, 1.165) is 19.4 Å². The molecule has 1 aliphatic rings. The van der Waals surface area contributed by atoms with Crippen molar-refractivity contribution in [2.45, 2.75) is 51.3 Å². The van der Waals surface area contributed by atoms with Crippen molar-refractivity contribution in [1.29, 1.82) is 0 Å². The smallest absolute Gasteiger partial charge is 0.323 e. The predicted octanol–water partition coefficient (Wildman–Crippen LogP) is 1.02. The first-order valence-electron chi connectivity index (χ1n) is 6.27. The molecule has 0 aliphatic carbocycles.